The van der Waals surface area contributed by atoms with E-state index in [1.165, 1.54) is 19.4 Å². The highest BCUT2D eigenvalue weighted by molar-refractivity contribution is 5.65. The lowest BCUT2D eigenvalue weighted by Gasteiger charge is -2.36. The number of methoxy groups -OCH3 is 1. The Balaban J connectivity index is 1.65. The Morgan fingerprint density at radius 1 is 1.21 bits per heavy atom. The fourth-order valence-electron chi connectivity index (χ4n) is 2.79. The number of hydrogen-bond acceptors (Lipinski definition) is 4. The van der Waals surface area contributed by atoms with Crippen molar-refractivity contribution in [2.24, 2.45) is 5.92 Å². The van der Waals surface area contributed by atoms with E-state index in [1.54, 1.807) is 7.11 Å². The molecule has 2 aliphatic rings. The predicted molar refractivity (Wildman–Crippen MR) is 78.8 cm³/mol. The zero-order chi connectivity index (χ0) is 13.2. The molecule has 1 aromatic carbocycles. The summed E-state index contributed by atoms with van der Waals surface area (Å²) in [4.78, 5) is 4.98. The first kappa shape index (κ1) is 12.6. The van der Waals surface area contributed by atoms with Gasteiger partial charge in [-0.1, -0.05) is 0 Å². The summed E-state index contributed by atoms with van der Waals surface area (Å²) in [6.07, 6.45) is 2.87. The third-order valence-electron chi connectivity index (χ3n) is 4.13. The summed E-state index contributed by atoms with van der Waals surface area (Å²) in [6, 6.07) is 5.88. The van der Waals surface area contributed by atoms with Gasteiger partial charge in [-0.05, 0) is 37.0 Å². The van der Waals surface area contributed by atoms with Gasteiger partial charge < -0.3 is 15.4 Å². The average molecular weight is 261 g/mol. The maximum absolute atomic E-state index is 5.90. The number of piperazine rings is 1. The maximum Gasteiger partial charge on any atom is 0.142 e. The first-order valence-electron chi connectivity index (χ1n) is 7.17. The summed E-state index contributed by atoms with van der Waals surface area (Å²) in [5.74, 6) is 1.90. The second-order valence-electron chi connectivity index (χ2n) is 5.66. The molecule has 1 saturated heterocycles. The molecule has 4 heteroatoms. The molecule has 1 aromatic rings. The van der Waals surface area contributed by atoms with Crippen molar-refractivity contribution in [2.75, 3.05) is 50.5 Å². The summed E-state index contributed by atoms with van der Waals surface area (Å²) < 4.78 is 5.44. The number of ether oxygens (including phenoxy) is 1. The highest BCUT2D eigenvalue weighted by Crippen LogP contribution is 2.32. The summed E-state index contributed by atoms with van der Waals surface area (Å²) in [7, 11) is 1.72. The van der Waals surface area contributed by atoms with Gasteiger partial charge in [0.25, 0.3) is 0 Å². The largest absolute Gasteiger partial charge is 0.495 e. The van der Waals surface area contributed by atoms with Gasteiger partial charge in [-0.15, -0.1) is 0 Å². The predicted octanol–water partition coefficient (Wildman–Crippen LogP) is 1.81. The van der Waals surface area contributed by atoms with Gasteiger partial charge in [0.15, 0.2) is 0 Å². The van der Waals surface area contributed by atoms with Gasteiger partial charge in [0.2, 0.25) is 0 Å². The molecule has 3 rings (SSSR count). The van der Waals surface area contributed by atoms with Crippen LogP contribution in [0.2, 0.25) is 0 Å². The van der Waals surface area contributed by atoms with Gasteiger partial charge in [-0.3, -0.25) is 4.90 Å². The molecule has 1 aliphatic heterocycles. The van der Waals surface area contributed by atoms with Crippen molar-refractivity contribution in [3.05, 3.63) is 18.2 Å². The Bertz CT molecular complexity index is 437. The lowest BCUT2D eigenvalue weighted by molar-refractivity contribution is 0.247. The number of rotatable bonds is 4. The first-order valence-corrected chi connectivity index (χ1v) is 7.17. The minimum atomic E-state index is 0.802. The number of benzene rings is 1. The van der Waals surface area contributed by atoms with Gasteiger partial charge in [0.05, 0.1) is 12.8 Å². The highest BCUT2D eigenvalue weighted by Gasteiger charge is 2.27. The number of hydrogen-bond donors (Lipinski definition) is 1. The van der Waals surface area contributed by atoms with E-state index in [9.17, 15) is 0 Å². The fourth-order valence-corrected chi connectivity index (χ4v) is 2.79. The van der Waals surface area contributed by atoms with Crippen molar-refractivity contribution in [2.45, 2.75) is 12.8 Å². The Morgan fingerprint density at radius 2 is 1.95 bits per heavy atom. The second-order valence-corrected chi connectivity index (χ2v) is 5.66. The van der Waals surface area contributed by atoms with E-state index in [2.05, 4.69) is 9.80 Å². The third-order valence-corrected chi connectivity index (χ3v) is 4.13. The first-order chi connectivity index (χ1) is 9.26. The summed E-state index contributed by atoms with van der Waals surface area (Å²) in [5, 5.41) is 0. The van der Waals surface area contributed by atoms with Crippen LogP contribution in [-0.4, -0.2) is 44.7 Å². The Hall–Kier alpha value is -1.42. The molecule has 4 nitrogen and oxygen atoms in total. The summed E-state index contributed by atoms with van der Waals surface area (Å²) in [5.41, 5.74) is 7.83. The second kappa shape index (κ2) is 5.29. The summed E-state index contributed by atoms with van der Waals surface area (Å²) >= 11 is 0. The average Bonchev–Trinajstić information content (AvgIpc) is 3.23. The van der Waals surface area contributed by atoms with E-state index in [4.69, 9.17) is 10.5 Å². The van der Waals surface area contributed by atoms with Crippen LogP contribution in [0.15, 0.2) is 18.2 Å². The number of anilines is 2. The highest BCUT2D eigenvalue weighted by atomic mass is 16.5. The molecule has 0 atom stereocenters. The SMILES string of the molecule is COc1ccc(N)cc1N1CCN(CC2CC2)CC1. The van der Waals surface area contributed by atoms with Crippen LogP contribution in [0.4, 0.5) is 11.4 Å². The number of nitrogens with zero attached hydrogens (tertiary/aromatic N) is 2. The molecule has 1 saturated carbocycles. The third kappa shape index (κ3) is 2.95. The number of nitrogens with two attached hydrogens (primary N) is 1. The van der Waals surface area contributed by atoms with Gasteiger partial charge in [0.1, 0.15) is 5.75 Å². The van der Waals surface area contributed by atoms with Crippen molar-refractivity contribution >= 4 is 11.4 Å². The molecular weight excluding hydrogens is 238 g/mol. The molecule has 0 amide bonds. The van der Waals surface area contributed by atoms with Gasteiger partial charge in [-0.25, -0.2) is 0 Å². The maximum atomic E-state index is 5.90. The standard InChI is InChI=1S/C15H23N3O/c1-19-15-5-4-13(16)10-14(15)18-8-6-17(7-9-18)11-12-2-3-12/h4-5,10,12H,2-3,6-9,11,16H2,1H3. The van der Waals surface area contributed by atoms with E-state index in [0.717, 1.165) is 49.2 Å². The Morgan fingerprint density at radius 3 is 2.58 bits per heavy atom. The molecule has 0 spiro atoms. The smallest absolute Gasteiger partial charge is 0.142 e. The topological polar surface area (TPSA) is 41.7 Å². The molecule has 0 radical (unpaired) electrons. The molecular formula is C15H23N3O. The molecule has 2 N–H and O–H groups in total. The quantitative estimate of drug-likeness (QED) is 0.839. The molecule has 19 heavy (non-hydrogen) atoms. The van der Waals surface area contributed by atoms with Gasteiger partial charge >= 0.3 is 0 Å². The van der Waals surface area contributed by atoms with E-state index in [1.807, 2.05) is 18.2 Å². The van der Waals surface area contributed by atoms with E-state index < -0.39 is 0 Å². The van der Waals surface area contributed by atoms with Crippen molar-refractivity contribution in [1.82, 2.24) is 4.90 Å². The van der Waals surface area contributed by atoms with Crippen LogP contribution in [0, 0.1) is 5.92 Å². The molecule has 104 valence electrons. The molecule has 1 heterocycles. The van der Waals surface area contributed by atoms with Crippen LogP contribution >= 0.6 is 0 Å². The Labute approximate surface area is 115 Å². The van der Waals surface area contributed by atoms with E-state index in [-0.39, 0.29) is 0 Å². The summed E-state index contributed by atoms with van der Waals surface area (Å²) in [6.45, 7) is 5.71. The van der Waals surface area contributed by atoms with Crippen LogP contribution in [-0.2, 0) is 0 Å². The van der Waals surface area contributed by atoms with Crippen molar-refractivity contribution in [1.29, 1.82) is 0 Å². The van der Waals surface area contributed by atoms with Crippen molar-refractivity contribution < 1.29 is 4.74 Å². The van der Waals surface area contributed by atoms with E-state index in [0.29, 0.717) is 0 Å². The van der Waals surface area contributed by atoms with Crippen LogP contribution < -0.4 is 15.4 Å². The lowest BCUT2D eigenvalue weighted by atomic mass is 10.2. The van der Waals surface area contributed by atoms with Crippen molar-refractivity contribution in [3.8, 4) is 5.75 Å². The minimum absolute atomic E-state index is 0.802. The van der Waals surface area contributed by atoms with Crippen molar-refractivity contribution in [3.63, 3.8) is 0 Å². The normalized spacial score (nSPS) is 20.6. The molecule has 1 aliphatic carbocycles. The van der Waals surface area contributed by atoms with Crippen LogP contribution in [0.3, 0.4) is 0 Å². The fraction of sp³-hybridized carbons (Fsp3) is 0.600. The van der Waals surface area contributed by atoms with E-state index >= 15 is 0 Å². The monoisotopic (exact) mass is 261 g/mol. The van der Waals surface area contributed by atoms with Gasteiger partial charge in [0, 0.05) is 38.4 Å². The van der Waals surface area contributed by atoms with Crippen LogP contribution in [0.5, 0.6) is 5.75 Å². The van der Waals surface area contributed by atoms with Crippen LogP contribution in [0.1, 0.15) is 12.8 Å². The Kier molecular flexibility index (Phi) is 3.51. The lowest BCUT2D eigenvalue weighted by Crippen LogP contribution is -2.47. The minimum Gasteiger partial charge on any atom is -0.495 e. The molecule has 0 aromatic heterocycles. The number of nitrogen functional groups attached to an aromatic ring is 1. The molecule has 0 bridgehead atoms. The van der Waals surface area contributed by atoms with Gasteiger partial charge in [-0.2, -0.15) is 0 Å². The zero-order valence-corrected chi connectivity index (χ0v) is 11.6. The molecule has 2 fully saturated rings. The zero-order valence-electron chi connectivity index (χ0n) is 11.6. The van der Waals surface area contributed by atoms with Crippen LogP contribution in [0.25, 0.3) is 0 Å². The molecule has 0 unspecified atom stereocenters.